The van der Waals surface area contributed by atoms with Crippen molar-refractivity contribution in [2.75, 3.05) is 38.0 Å². The van der Waals surface area contributed by atoms with Crippen molar-refractivity contribution in [3.8, 4) is 5.75 Å². The van der Waals surface area contributed by atoms with Gasteiger partial charge in [0.1, 0.15) is 49.8 Å². The van der Waals surface area contributed by atoms with Crippen LogP contribution in [0.2, 0.25) is 0 Å². The van der Waals surface area contributed by atoms with E-state index in [0.29, 0.717) is 23.5 Å². The summed E-state index contributed by atoms with van der Waals surface area (Å²) in [5.41, 5.74) is 4.92. The predicted molar refractivity (Wildman–Crippen MR) is 122 cm³/mol. The molecule has 31 heavy (non-hydrogen) atoms. The Morgan fingerprint density at radius 3 is 2.45 bits per heavy atom. The number of hydrogen-bond acceptors (Lipinski definition) is 3. The average Bonchev–Trinajstić information content (AvgIpc) is 3.09. The van der Waals surface area contributed by atoms with Gasteiger partial charge in [-0.05, 0) is 51.5 Å². The third-order valence-electron chi connectivity index (χ3n) is 6.56. The first-order valence-corrected chi connectivity index (χ1v) is 11.2. The van der Waals surface area contributed by atoms with Crippen LogP contribution in [0.1, 0.15) is 39.7 Å². The standard InChI is InChI=1S/C25H31N3O3/c1-5-27-10-12-28(13-11-27)15-19-21(29)8-9-22-24(19)23(18(4)31-22)25(30)26-20-7-6-16(2)14-17(20)3/h6-9,14,29H,5,10-13,15H2,1-4H3,(H,26,30)/p+2. The molecule has 0 saturated carbocycles. The zero-order chi connectivity index (χ0) is 22.1. The number of piperazine rings is 1. The van der Waals surface area contributed by atoms with E-state index < -0.39 is 0 Å². The fraction of sp³-hybridized carbons (Fsp3) is 0.400. The summed E-state index contributed by atoms with van der Waals surface area (Å²) in [5.74, 6) is 0.594. The molecule has 164 valence electrons. The number of nitrogens with one attached hydrogen (secondary N) is 3. The second kappa shape index (κ2) is 8.73. The molecule has 0 unspecified atom stereocenters. The van der Waals surface area contributed by atoms with Crippen molar-refractivity contribution in [1.29, 1.82) is 0 Å². The lowest BCUT2D eigenvalue weighted by molar-refractivity contribution is -1.02. The van der Waals surface area contributed by atoms with E-state index in [1.807, 2.05) is 32.9 Å². The highest BCUT2D eigenvalue weighted by Crippen LogP contribution is 2.34. The average molecular weight is 424 g/mol. The number of likely N-dealkylation sites (N-methyl/N-ethyl adjacent to an activating group) is 1. The normalized spacial score (nSPS) is 19.0. The lowest BCUT2D eigenvalue weighted by atomic mass is 10.0. The molecule has 4 N–H and O–H groups in total. The lowest BCUT2D eigenvalue weighted by Gasteiger charge is -2.29. The molecule has 6 nitrogen and oxygen atoms in total. The molecular weight excluding hydrogens is 390 g/mol. The molecule has 1 aliphatic rings. The van der Waals surface area contributed by atoms with Gasteiger partial charge < -0.3 is 24.6 Å². The van der Waals surface area contributed by atoms with Gasteiger partial charge in [-0.3, -0.25) is 4.79 Å². The Balaban J connectivity index is 1.68. The SMILES string of the molecule is CC[NH+]1CC[NH+](Cc2c(O)ccc3oc(C)c(C(=O)Nc4ccc(C)cc4C)c23)CC1. The van der Waals surface area contributed by atoms with E-state index in [-0.39, 0.29) is 11.7 Å². The van der Waals surface area contributed by atoms with Crippen molar-refractivity contribution in [2.24, 2.45) is 0 Å². The maximum Gasteiger partial charge on any atom is 0.259 e. The molecule has 0 aliphatic carbocycles. The van der Waals surface area contributed by atoms with Crippen LogP contribution in [-0.2, 0) is 6.54 Å². The Labute approximate surface area is 183 Å². The number of carbonyl (C=O) groups excluding carboxylic acids is 1. The molecule has 2 aromatic carbocycles. The maximum absolute atomic E-state index is 13.3. The first-order chi connectivity index (χ1) is 14.9. The predicted octanol–water partition coefficient (Wildman–Crippen LogP) is 1.62. The summed E-state index contributed by atoms with van der Waals surface area (Å²) in [6.45, 7) is 14.3. The number of carbonyl (C=O) groups is 1. The van der Waals surface area contributed by atoms with Crippen LogP contribution >= 0.6 is 0 Å². The molecule has 0 radical (unpaired) electrons. The van der Waals surface area contributed by atoms with Crippen molar-refractivity contribution in [2.45, 2.75) is 34.2 Å². The summed E-state index contributed by atoms with van der Waals surface area (Å²) in [7, 11) is 0. The Morgan fingerprint density at radius 2 is 1.77 bits per heavy atom. The first-order valence-electron chi connectivity index (χ1n) is 11.2. The van der Waals surface area contributed by atoms with Gasteiger partial charge >= 0.3 is 0 Å². The number of phenolic OH excluding ortho intramolecular Hbond substituents is 1. The first kappa shape index (κ1) is 21.4. The smallest absolute Gasteiger partial charge is 0.259 e. The number of phenols is 1. The second-order valence-corrected chi connectivity index (χ2v) is 8.77. The van der Waals surface area contributed by atoms with E-state index in [4.69, 9.17) is 4.42 Å². The third kappa shape index (κ3) is 4.31. The van der Waals surface area contributed by atoms with Crippen LogP contribution in [-0.4, -0.2) is 43.7 Å². The molecule has 1 aliphatic heterocycles. The number of anilines is 1. The third-order valence-corrected chi connectivity index (χ3v) is 6.56. The molecule has 6 heteroatoms. The number of furan rings is 1. The fourth-order valence-electron chi connectivity index (χ4n) is 4.69. The van der Waals surface area contributed by atoms with Crippen LogP contribution in [0.3, 0.4) is 0 Å². The van der Waals surface area contributed by atoms with Crippen LogP contribution < -0.4 is 15.1 Å². The van der Waals surface area contributed by atoms with Gasteiger partial charge in [0, 0.05) is 11.1 Å². The molecule has 4 rings (SSSR count). The van der Waals surface area contributed by atoms with E-state index in [9.17, 15) is 9.90 Å². The number of fused-ring (bicyclic) bond motifs is 1. The van der Waals surface area contributed by atoms with Crippen LogP contribution in [0.25, 0.3) is 11.0 Å². The zero-order valence-electron chi connectivity index (χ0n) is 18.9. The minimum absolute atomic E-state index is 0.203. The van der Waals surface area contributed by atoms with Crippen molar-refractivity contribution in [3.05, 3.63) is 58.3 Å². The van der Waals surface area contributed by atoms with Crippen molar-refractivity contribution in [1.82, 2.24) is 0 Å². The van der Waals surface area contributed by atoms with Crippen LogP contribution in [0, 0.1) is 20.8 Å². The molecule has 0 bridgehead atoms. The molecule has 1 fully saturated rings. The number of amides is 1. The van der Waals surface area contributed by atoms with Gasteiger partial charge in [0.2, 0.25) is 0 Å². The fourth-order valence-corrected chi connectivity index (χ4v) is 4.69. The Kier molecular flexibility index (Phi) is 6.03. The lowest BCUT2D eigenvalue weighted by Crippen LogP contribution is -3.27. The number of hydrogen-bond donors (Lipinski definition) is 4. The number of benzene rings is 2. The minimum Gasteiger partial charge on any atom is -0.507 e. The topological polar surface area (TPSA) is 71.3 Å². The van der Waals surface area contributed by atoms with E-state index in [1.54, 1.807) is 17.0 Å². The minimum atomic E-state index is -0.203. The highest BCUT2D eigenvalue weighted by molar-refractivity contribution is 6.14. The van der Waals surface area contributed by atoms with E-state index in [0.717, 1.165) is 60.5 Å². The molecule has 1 amide bonds. The summed E-state index contributed by atoms with van der Waals surface area (Å²) >= 11 is 0. The summed E-state index contributed by atoms with van der Waals surface area (Å²) in [4.78, 5) is 16.4. The van der Waals surface area contributed by atoms with Crippen LogP contribution in [0.4, 0.5) is 5.69 Å². The van der Waals surface area contributed by atoms with Gasteiger partial charge in [-0.25, -0.2) is 0 Å². The van der Waals surface area contributed by atoms with Gasteiger partial charge in [0.05, 0.1) is 17.7 Å². The van der Waals surface area contributed by atoms with E-state index in [1.165, 1.54) is 4.90 Å². The molecule has 1 aromatic heterocycles. The molecule has 2 heterocycles. The zero-order valence-corrected chi connectivity index (χ0v) is 18.9. The molecule has 0 atom stereocenters. The van der Waals surface area contributed by atoms with Gasteiger partial charge in [-0.1, -0.05) is 17.7 Å². The Morgan fingerprint density at radius 1 is 1.06 bits per heavy atom. The summed E-state index contributed by atoms with van der Waals surface area (Å²) in [6, 6.07) is 9.40. The molecular formula is C25H33N3O3+2. The van der Waals surface area contributed by atoms with Crippen molar-refractivity contribution in [3.63, 3.8) is 0 Å². The number of aromatic hydroxyl groups is 1. The van der Waals surface area contributed by atoms with Gasteiger partial charge in [-0.2, -0.15) is 0 Å². The summed E-state index contributed by atoms with van der Waals surface area (Å²) in [5, 5.41) is 14.5. The van der Waals surface area contributed by atoms with E-state index >= 15 is 0 Å². The Bertz CT molecular complexity index is 1110. The highest BCUT2D eigenvalue weighted by atomic mass is 16.3. The van der Waals surface area contributed by atoms with Gasteiger partial charge in [-0.15, -0.1) is 0 Å². The second-order valence-electron chi connectivity index (χ2n) is 8.77. The van der Waals surface area contributed by atoms with E-state index in [2.05, 4.69) is 18.3 Å². The quantitative estimate of drug-likeness (QED) is 0.504. The summed E-state index contributed by atoms with van der Waals surface area (Å²) in [6.07, 6.45) is 0. The molecule has 3 aromatic rings. The highest BCUT2D eigenvalue weighted by Gasteiger charge is 2.28. The molecule has 1 saturated heterocycles. The van der Waals surface area contributed by atoms with Crippen LogP contribution in [0.5, 0.6) is 5.75 Å². The largest absolute Gasteiger partial charge is 0.507 e. The number of aryl methyl sites for hydroxylation is 3. The number of quaternary nitrogens is 2. The molecule has 0 spiro atoms. The maximum atomic E-state index is 13.3. The monoisotopic (exact) mass is 423 g/mol. The van der Waals surface area contributed by atoms with Crippen molar-refractivity contribution < 1.29 is 24.1 Å². The summed E-state index contributed by atoms with van der Waals surface area (Å²) < 4.78 is 5.94. The number of rotatable bonds is 5. The van der Waals surface area contributed by atoms with Crippen molar-refractivity contribution >= 4 is 22.6 Å². The Hall–Kier alpha value is -2.83. The van der Waals surface area contributed by atoms with Gasteiger partial charge in [0.25, 0.3) is 5.91 Å². The van der Waals surface area contributed by atoms with Crippen LogP contribution in [0.15, 0.2) is 34.7 Å². The van der Waals surface area contributed by atoms with Gasteiger partial charge in [0.15, 0.2) is 0 Å².